The van der Waals surface area contributed by atoms with Gasteiger partial charge in [-0.05, 0) is 23.8 Å². The predicted octanol–water partition coefficient (Wildman–Crippen LogP) is 1.99. The van der Waals surface area contributed by atoms with E-state index in [4.69, 9.17) is 0 Å². The van der Waals surface area contributed by atoms with Crippen molar-refractivity contribution in [2.75, 3.05) is 5.43 Å². The summed E-state index contributed by atoms with van der Waals surface area (Å²) < 4.78 is 4.29. The van der Waals surface area contributed by atoms with Gasteiger partial charge in [0.2, 0.25) is 5.95 Å². The standard InChI is InChI=1S/C17H16N7/c1-23-15(11-24-9-3-2-4-16(23)24)14-7-5-13(6-8-14)10-19-21-17-18-12-20-22-17/h2-12H,1H3,(H2,18,20,21,22)/q+1/b19-10+. The van der Waals surface area contributed by atoms with Crippen molar-refractivity contribution >= 4 is 17.8 Å². The maximum Gasteiger partial charge on any atom is 0.286 e. The van der Waals surface area contributed by atoms with Crippen molar-refractivity contribution in [3.8, 4) is 11.3 Å². The molecule has 0 aliphatic rings. The zero-order chi connectivity index (χ0) is 16.4. The molecule has 4 aromatic rings. The van der Waals surface area contributed by atoms with Crippen LogP contribution in [0.5, 0.6) is 0 Å². The van der Waals surface area contributed by atoms with Gasteiger partial charge in [0.05, 0.1) is 19.5 Å². The number of benzene rings is 1. The highest BCUT2D eigenvalue weighted by molar-refractivity contribution is 5.81. The summed E-state index contributed by atoms with van der Waals surface area (Å²) in [6.07, 6.45) is 7.34. The highest BCUT2D eigenvalue weighted by Gasteiger charge is 2.14. The number of hydrazone groups is 1. The summed E-state index contributed by atoms with van der Waals surface area (Å²) in [5.41, 5.74) is 7.24. The number of aromatic nitrogens is 5. The van der Waals surface area contributed by atoms with E-state index in [-0.39, 0.29) is 0 Å². The van der Waals surface area contributed by atoms with E-state index < -0.39 is 0 Å². The van der Waals surface area contributed by atoms with E-state index >= 15 is 0 Å². The van der Waals surface area contributed by atoms with E-state index in [9.17, 15) is 0 Å². The van der Waals surface area contributed by atoms with Crippen LogP contribution in [0.2, 0.25) is 0 Å². The van der Waals surface area contributed by atoms with Gasteiger partial charge in [-0.15, -0.1) is 0 Å². The van der Waals surface area contributed by atoms with E-state index in [0.29, 0.717) is 5.95 Å². The van der Waals surface area contributed by atoms with Crippen LogP contribution in [0.1, 0.15) is 5.56 Å². The molecule has 0 bridgehead atoms. The molecule has 0 fully saturated rings. The molecule has 3 aromatic heterocycles. The van der Waals surface area contributed by atoms with Gasteiger partial charge in [-0.25, -0.2) is 19.5 Å². The Morgan fingerprint density at radius 1 is 1.21 bits per heavy atom. The summed E-state index contributed by atoms with van der Waals surface area (Å²) >= 11 is 0. The topological polar surface area (TPSA) is 75.0 Å². The number of pyridine rings is 1. The van der Waals surface area contributed by atoms with Gasteiger partial charge in [0.15, 0.2) is 5.69 Å². The van der Waals surface area contributed by atoms with E-state index in [2.05, 4.69) is 72.3 Å². The molecule has 0 spiro atoms. The molecule has 7 nitrogen and oxygen atoms in total. The monoisotopic (exact) mass is 318 g/mol. The number of fused-ring (bicyclic) bond motifs is 1. The zero-order valence-corrected chi connectivity index (χ0v) is 13.1. The lowest BCUT2D eigenvalue weighted by Crippen LogP contribution is -2.17. The summed E-state index contributed by atoms with van der Waals surface area (Å²) in [4.78, 5) is 3.94. The van der Waals surface area contributed by atoms with Crippen molar-refractivity contribution in [3.05, 3.63) is 66.7 Å². The number of nitrogens with zero attached hydrogens (tertiary/aromatic N) is 5. The van der Waals surface area contributed by atoms with Gasteiger partial charge in [0, 0.05) is 11.6 Å². The van der Waals surface area contributed by atoms with Crippen molar-refractivity contribution in [2.24, 2.45) is 12.1 Å². The summed E-state index contributed by atoms with van der Waals surface area (Å²) in [5, 5.41) is 10.5. The fraction of sp³-hybridized carbons (Fsp3) is 0.0588. The molecule has 24 heavy (non-hydrogen) atoms. The van der Waals surface area contributed by atoms with Crippen molar-refractivity contribution in [1.29, 1.82) is 0 Å². The SMILES string of the molecule is Cn1c(-c2ccc(/C=N/Nc3ncn[nH]3)cc2)c[n+]2ccccc12. The van der Waals surface area contributed by atoms with Crippen LogP contribution < -0.4 is 9.83 Å². The molecule has 4 rings (SSSR count). The normalized spacial score (nSPS) is 11.4. The summed E-state index contributed by atoms with van der Waals surface area (Å²) in [6.45, 7) is 0. The Morgan fingerprint density at radius 3 is 2.83 bits per heavy atom. The van der Waals surface area contributed by atoms with E-state index in [1.54, 1.807) is 6.21 Å². The van der Waals surface area contributed by atoms with Crippen molar-refractivity contribution < 1.29 is 4.40 Å². The minimum absolute atomic E-state index is 0.510. The smallest absolute Gasteiger partial charge is 0.246 e. The number of H-pyrrole nitrogens is 1. The number of anilines is 1. The number of imidazole rings is 1. The molecule has 0 atom stereocenters. The molecule has 3 heterocycles. The molecule has 7 heteroatoms. The van der Waals surface area contributed by atoms with Crippen LogP contribution in [0.4, 0.5) is 5.95 Å². The van der Waals surface area contributed by atoms with Gasteiger partial charge in [0.25, 0.3) is 5.65 Å². The second-order valence-electron chi connectivity index (χ2n) is 5.37. The molecular formula is C17H16N7+. The average Bonchev–Trinajstić information content (AvgIpc) is 3.24. The second-order valence-corrected chi connectivity index (χ2v) is 5.37. The van der Waals surface area contributed by atoms with Gasteiger partial charge in [-0.2, -0.15) is 15.2 Å². The molecule has 0 aliphatic carbocycles. The quantitative estimate of drug-likeness (QED) is 0.343. The van der Waals surface area contributed by atoms with Gasteiger partial charge < -0.3 is 0 Å². The van der Waals surface area contributed by atoms with Crippen LogP contribution in [0.3, 0.4) is 0 Å². The minimum Gasteiger partial charge on any atom is -0.246 e. The largest absolute Gasteiger partial charge is 0.286 e. The Balaban J connectivity index is 1.56. The fourth-order valence-electron chi connectivity index (χ4n) is 2.62. The predicted molar refractivity (Wildman–Crippen MR) is 91.6 cm³/mol. The minimum atomic E-state index is 0.510. The van der Waals surface area contributed by atoms with Gasteiger partial charge in [-0.3, -0.25) is 0 Å². The molecule has 0 saturated heterocycles. The number of hydrogen-bond donors (Lipinski definition) is 2. The number of aromatic amines is 1. The maximum atomic E-state index is 4.12. The van der Waals surface area contributed by atoms with Gasteiger partial charge >= 0.3 is 0 Å². The maximum absolute atomic E-state index is 4.12. The van der Waals surface area contributed by atoms with Crippen LogP contribution in [0.15, 0.2) is 66.3 Å². The lowest BCUT2D eigenvalue weighted by Gasteiger charge is -1.99. The Bertz CT molecular complexity index is 982. The van der Waals surface area contributed by atoms with Crippen molar-refractivity contribution in [3.63, 3.8) is 0 Å². The third-order valence-corrected chi connectivity index (χ3v) is 3.84. The first-order valence-electron chi connectivity index (χ1n) is 7.52. The fourth-order valence-corrected chi connectivity index (χ4v) is 2.62. The number of nitrogens with one attached hydrogen (secondary N) is 2. The lowest BCUT2D eigenvalue weighted by molar-refractivity contribution is -0.510. The lowest BCUT2D eigenvalue weighted by atomic mass is 10.1. The summed E-state index contributed by atoms with van der Waals surface area (Å²) in [7, 11) is 2.07. The first-order chi connectivity index (χ1) is 11.8. The average molecular weight is 318 g/mol. The van der Waals surface area contributed by atoms with Gasteiger partial charge in [-0.1, -0.05) is 18.2 Å². The zero-order valence-electron chi connectivity index (χ0n) is 13.1. The van der Waals surface area contributed by atoms with Crippen molar-refractivity contribution in [1.82, 2.24) is 19.7 Å². The molecule has 0 amide bonds. The van der Waals surface area contributed by atoms with Crippen LogP contribution in [0, 0.1) is 0 Å². The van der Waals surface area contributed by atoms with E-state index in [0.717, 1.165) is 22.5 Å². The highest BCUT2D eigenvalue weighted by atomic mass is 15.4. The van der Waals surface area contributed by atoms with E-state index in [1.807, 2.05) is 24.3 Å². The molecule has 0 saturated carbocycles. The number of hydrogen-bond acceptors (Lipinski definition) is 4. The molecule has 0 aliphatic heterocycles. The highest BCUT2D eigenvalue weighted by Crippen LogP contribution is 2.19. The first kappa shape index (κ1) is 14.1. The van der Waals surface area contributed by atoms with Crippen LogP contribution in [-0.2, 0) is 7.05 Å². The molecule has 0 unspecified atom stereocenters. The Kier molecular flexibility index (Phi) is 3.51. The number of rotatable bonds is 4. The molecule has 118 valence electrons. The molecule has 0 radical (unpaired) electrons. The summed E-state index contributed by atoms with van der Waals surface area (Å²) in [6, 6.07) is 14.4. The van der Waals surface area contributed by atoms with Crippen LogP contribution in [-0.4, -0.2) is 26.0 Å². The van der Waals surface area contributed by atoms with Crippen LogP contribution in [0.25, 0.3) is 16.9 Å². The Morgan fingerprint density at radius 2 is 2.08 bits per heavy atom. The molecular weight excluding hydrogens is 302 g/mol. The second kappa shape index (κ2) is 5.96. The Hall–Kier alpha value is -3.48. The van der Waals surface area contributed by atoms with Crippen molar-refractivity contribution in [2.45, 2.75) is 0 Å². The third-order valence-electron chi connectivity index (χ3n) is 3.84. The van der Waals surface area contributed by atoms with Gasteiger partial charge in [0.1, 0.15) is 12.5 Å². The molecule has 1 aromatic carbocycles. The number of aryl methyl sites for hydroxylation is 1. The van der Waals surface area contributed by atoms with E-state index in [1.165, 1.54) is 6.33 Å². The molecule has 2 N–H and O–H groups in total. The third kappa shape index (κ3) is 2.63. The van der Waals surface area contributed by atoms with Crippen LogP contribution >= 0.6 is 0 Å². The first-order valence-corrected chi connectivity index (χ1v) is 7.52. The summed E-state index contributed by atoms with van der Waals surface area (Å²) in [5.74, 6) is 0.510. The Labute approximate surface area is 138 Å².